The van der Waals surface area contributed by atoms with Gasteiger partial charge in [0.2, 0.25) is 0 Å². The smallest absolute Gasteiger partial charge is 0.334 e. The number of hydrogen-bond donors (Lipinski definition) is 1. The third-order valence-electron chi connectivity index (χ3n) is 2.23. The van der Waals surface area contributed by atoms with E-state index >= 15 is 0 Å². The zero-order valence-electron chi connectivity index (χ0n) is 8.39. The van der Waals surface area contributed by atoms with Crippen molar-refractivity contribution in [3.05, 3.63) is 44.7 Å². The van der Waals surface area contributed by atoms with Crippen molar-refractivity contribution in [3.63, 3.8) is 0 Å². The number of aromatic amines is 1. The van der Waals surface area contributed by atoms with Gasteiger partial charge in [0, 0.05) is 17.5 Å². The summed E-state index contributed by atoms with van der Waals surface area (Å²) in [5, 5.41) is 11.1. The number of nitrogens with zero attached hydrogens (tertiary/aromatic N) is 1. The average molecular weight is 220 g/mol. The number of rotatable bonds is 2. The van der Waals surface area contributed by atoms with Gasteiger partial charge in [0.1, 0.15) is 5.75 Å². The molecule has 2 aromatic rings. The maximum atomic E-state index is 11.3. The summed E-state index contributed by atoms with van der Waals surface area (Å²) in [5.41, 5.74) is -0.668. The van der Waals surface area contributed by atoms with E-state index in [9.17, 15) is 14.9 Å². The molecule has 1 heterocycles. The quantitative estimate of drug-likeness (QED) is 0.613. The maximum Gasteiger partial charge on any atom is 0.334 e. The Labute approximate surface area is 89.6 Å². The Morgan fingerprint density at radius 3 is 2.75 bits per heavy atom. The van der Waals surface area contributed by atoms with Crippen molar-refractivity contribution in [1.82, 2.24) is 4.98 Å². The van der Waals surface area contributed by atoms with Crippen LogP contribution in [0, 0.1) is 10.1 Å². The Kier molecular flexibility index (Phi) is 2.32. The van der Waals surface area contributed by atoms with E-state index in [4.69, 9.17) is 4.74 Å². The van der Waals surface area contributed by atoms with E-state index in [-0.39, 0.29) is 0 Å². The molecule has 0 bridgehead atoms. The molecule has 1 aromatic carbocycles. The SMILES string of the molecule is COc1ccc2cc([N+](=O)[O-])c(=O)[nH]c2c1. The molecule has 82 valence electrons. The molecule has 0 unspecified atom stereocenters. The van der Waals surface area contributed by atoms with Crippen LogP contribution in [0.1, 0.15) is 0 Å². The van der Waals surface area contributed by atoms with Crippen molar-refractivity contribution in [1.29, 1.82) is 0 Å². The van der Waals surface area contributed by atoms with Gasteiger partial charge in [-0.25, -0.2) is 0 Å². The molecule has 2 rings (SSSR count). The first-order chi connectivity index (χ1) is 7.61. The van der Waals surface area contributed by atoms with Crippen molar-refractivity contribution in [2.24, 2.45) is 0 Å². The van der Waals surface area contributed by atoms with Crippen LogP contribution in [0.25, 0.3) is 10.9 Å². The number of H-pyrrole nitrogens is 1. The lowest BCUT2D eigenvalue weighted by Crippen LogP contribution is -2.10. The standard InChI is InChI=1S/C10H8N2O4/c1-16-7-3-2-6-4-9(12(14)15)10(13)11-8(6)5-7/h2-5H,1H3,(H,11,13). The molecule has 0 saturated heterocycles. The Balaban J connectivity index is 2.74. The van der Waals surface area contributed by atoms with Crippen LogP contribution in [0.3, 0.4) is 0 Å². The monoisotopic (exact) mass is 220 g/mol. The predicted octanol–water partition coefficient (Wildman–Crippen LogP) is 1.44. The molecule has 1 N–H and O–H groups in total. The van der Waals surface area contributed by atoms with Gasteiger partial charge in [-0.05, 0) is 12.1 Å². The lowest BCUT2D eigenvalue weighted by atomic mass is 10.2. The fraction of sp³-hybridized carbons (Fsp3) is 0.100. The van der Waals surface area contributed by atoms with Gasteiger partial charge in [0.15, 0.2) is 0 Å². The number of methoxy groups -OCH3 is 1. The molecule has 6 heteroatoms. The van der Waals surface area contributed by atoms with E-state index < -0.39 is 16.2 Å². The number of aromatic nitrogens is 1. The highest BCUT2D eigenvalue weighted by Gasteiger charge is 2.13. The molecule has 0 amide bonds. The maximum absolute atomic E-state index is 11.3. The van der Waals surface area contributed by atoms with Crippen molar-refractivity contribution in [2.45, 2.75) is 0 Å². The summed E-state index contributed by atoms with van der Waals surface area (Å²) in [6.07, 6.45) is 0. The van der Waals surface area contributed by atoms with Crippen molar-refractivity contribution < 1.29 is 9.66 Å². The molecule has 0 atom stereocenters. The van der Waals surface area contributed by atoms with Gasteiger partial charge in [0.25, 0.3) is 0 Å². The van der Waals surface area contributed by atoms with Gasteiger partial charge in [-0.15, -0.1) is 0 Å². The zero-order valence-corrected chi connectivity index (χ0v) is 8.39. The number of nitro groups is 1. The minimum Gasteiger partial charge on any atom is -0.497 e. The third kappa shape index (κ3) is 1.60. The number of nitrogens with one attached hydrogen (secondary N) is 1. The Morgan fingerprint density at radius 2 is 2.12 bits per heavy atom. The second-order valence-corrected chi connectivity index (χ2v) is 3.19. The van der Waals surface area contributed by atoms with Crippen LogP contribution >= 0.6 is 0 Å². The summed E-state index contributed by atoms with van der Waals surface area (Å²) in [6.45, 7) is 0. The van der Waals surface area contributed by atoms with Gasteiger partial charge in [-0.1, -0.05) is 0 Å². The van der Waals surface area contributed by atoms with Crippen LogP contribution in [0.4, 0.5) is 5.69 Å². The minimum absolute atomic E-state index is 0.460. The third-order valence-corrected chi connectivity index (χ3v) is 2.23. The second kappa shape index (κ2) is 3.65. The summed E-state index contributed by atoms with van der Waals surface area (Å²) >= 11 is 0. The summed E-state index contributed by atoms with van der Waals surface area (Å²) in [7, 11) is 1.50. The first-order valence-electron chi connectivity index (χ1n) is 4.47. The van der Waals surface area contributed by atoms with Crippen LogP contribution in [0.2, 0.25) is 0 Å². The van der Waals surface area contributed by atoms with Crippen molar-refractivity contribution in [2.75, 3.05) is 7.11 Å². The van der Waals surface area contributed by atoms with Gasteiger partial charge in [-0.3, -0.25) is 14.9 Å². The fourth-order valence-electron chi connectivity index (χ4n) is 1.43. The number of ether oxygens (including phenoxy) is 1. The first kappa shape index (κ1) is 10.2. The summed E-state index contributed by atoms with van der Waals surface area (Å²) < 4.78 is 4.98. The largest absolute Gasteiger partial charge is 0.497 e. The van der Waals surface area contributed by atoms with Crippen LogP contribution in [0.5, 0.6) is 5.75 Å². The molecule has 0 aliphatic carbocycles. The molecular weight excluding hydrogens is 212 g/mol. The van der Waals surface area contributed by atoms with Crippen LogP contribution in [-0.2, 0) is 0 Å². The topological polar surface area (TPSA) is 85.2 Å². The fourth-order valence-corrected chi connectivity index (χ4v) is 1.43. The number of hydrogen-bond acceptors (Lipinski definition) is 4. The van der Waals surface area contributed by atoms with Crippen LogP contribution in [-0.4, -0.2) is 17.0 Å². The van der Waals surface area contributed by atoms with E-state index in [0.29, 0.717) is 16.7 Å². The van der Waals surface area contributed by atoms with Crippen molar-refractivity contribution in [3.8, 4) is 5.75 Å². The minimum atomic E-state index is -0.717. The molecule has 1 aromatic heterocycles. The summed E-state index contributed by atoms with van der Waals surface area (Å²) in [4.78, 5) is 23.6. The normalized spacial score (nSPS) is 10.3. The summed E-state index contributed by atoms with van der Waals surface area (Å²) in [6, 6.07) is 6.18. The van der Waals surface area contributed by atoms with Crippen LogP contribution in [0.15, 0.2) is 29.1 Å². The lowest BCUT2D eigenvalue weighted by Gasteiger charge is -2.01. The number of benzene rings is 1. The molecule has 0 aliphatic heterocycles. The Bertz CT molecular complexity index is 618. The number of fused-ring (bicyclic) bond motifs is 1. The second-order valence-electron chi connectivity index (χ2n) is 3.19. The Morgan fingerprint density at radius 1 is 1.38 bits per heavy atom. The van der Waals surface area contributed by atoms with E-state index in [1.165, 1.54) is 13.2 Å². The molecule has 0 aliphatic rings. The van der Waals surface area contributed by atoms with E-state index in [2.05, 4.69) is 4.98 Å². The molecule has 0 spiro atoms. The predicted molar refractivity (Wildman–Crippen MR) is 57.8 cm³/mol. The van der Waals surface area contributed by atoms with Gasteiger partial charge in [0.05, 0.1) is 17.5 Å². The Hall–Kier alpha value is -2.37. The van der Waals surface area contributed by atoms with Gasteiger partial charge < -0.3 is 9.72 Å². The average Bonchev–Trinajstić information content (AvgIpc) is 2.27. The van der Waals surface area contributed by atoms with E-state index in [1.54, 1.807) is 18.2 Å². The lowest BCUT2D eigenvalue weighted by molar-refractivity contribution is -0.386. The summed E-state index contributed by atoms with van der Waals surface area (Å²) in [5.74, 6) is 0.581. The highest BCUT2D eigenvalue weighted by Crippen LogP contribution is 2.20. The number of pyridine rings is 1. The first-order valence-corrected chi connectivity index (χ1v) is 4.47. The highest BCUT2D eigenvalue weighted by atomic mass is 16.6. The van der Waals surface area contributed by atoms with Crippen LogP contribution < -0.4 is 10.3 Å². The molecule has 6 nitrogen and oxygen atoms in total. The molecule has 0 radical (unpaired) electrons. The molecule has 16 heavy (non-hydrogen) atoms. The molecule has 0 fully saturated rings. The van der Waals surface area contributed by atoms with Crippen molar-refractivity contribution >= 4 is 16.6 Å². The van der Waals surface area contributed by atoms with Gasteiger partial charge in [-0.2, -0.15) is 0 Å². The molecule has 0 saturated carbocycles. The van der Waals surface area contributed by atoms with E-state index in [1.807, 2.05) is 0 Å². The van der Waals surface area contributed by atoms with E-state index in [0.717, 1.165) is 0 Å². The zero-order chi connectivity index (χ0) is 11.7. The molecular formula is C10H8N2O4. The highest BCUT2D eigenvalue weighted by molar-refractivity contribution is 5.81. The van der Waals surface area contributed by atoms with Gasteiger partial charge >= 0.3 is 11.2 Å².